The first-order valence-corrected chi connectivity index (χ1v) is 6.38. The molecule has 0 atom stereocenters. The van der Waals surface area contributed by atoms with Crippen LogP contribution < -0.4 is 11.0 Å². The van der Waals surface area contributed by atoms with Crippen molar-refractivity contribution in [3.05, 3.63) is 47.0 Å². The normalized spacial score (nSPS) is 10.6. The second kappa shape index (κ2) is 5.24. The second-order valence-electron chi connectivity index (χ2n) is 4.51. The number of aromatic nitrogens is 4. The van der Waals surface area contributed by atoms with Crippen molar-refractivity contribution in [2.45, 2.75) is 6.92 Å². The van der Waals surface area contributed by atoms with Crippen molar-refractivity contribution in [3.8, 4) is 11.8 Å². The van der Waals surface area contributed by atoms with E-state index in [4.69, 9.17) is 0 Å². The number of anilines is 1. The molecule has 2 heterocycles. The van der Waals surface area contributed by atoms with Gasteiger partial charge in [0.1, 0.15) is 5.82 Å². The van der Waals surface area contributed by atoms with Gasteiger partial charge in [0.15, 0.2) is 0 Å². The van der Waals surface area contributed by atoms with Gasteiger partial charge in [0.2, 0.25) is 17.7 Å². The monoisotopic (exact) mass is 297 g/mol. The molecule has 110 valence electrons. The standard InChI is InChI=1S/C14H11N5O3/c1-8(20)15-11-6-7-19(14(22)17-11)13-16-10-5-3-2-4-9(10)12(21)18-13/h2-7H,1H3,(H,16,18,21)(H,15,17,20,22). The van der Waals surface area contributed by atoms with Gasteiger partial charge in [0.05, 0.1) is 10.9 Å². The summed E-state index contributed by atoms with van der Waals surface area (Å²) in [7, 11) is 0. The third-order valence-electron chi connectivity index (χ3n) is 2.89. The number of benzene rings is 1. The topological polar surface area (TPSA) is 110 Å². The highest BCUT2D eigenvalue weighted by molar-refractivity contribution is 5.87. The molecular formula is C14H11N5O3. The fraction of sp³-hybridized carbons (Fsp3) is 0.0714. The molecule has 0 aliphatic heterocycles. The third kappa shape index (κ3) is 2.49. The van der Waals surface area contributed by atoms with Gasteiger partial charge in [0.25, 0.3) is 0 Å². The van der Waals surface area contributed by atoms with E-state index >= 15 is 0 Å². The molecule has 8 nitrogen and oxygen atoms in total. The molecule has 0 aliphatic rings. The van der Waals surface area contributed by atoms with Gasteiger partial charge in [-0.05, 0) is 18.2 Å². The van der Waals surface area contributed by atoms with Crippen LogP contribution in [0.25, 0.3) is 16.9 Å². The molecule has 1 amide bonds. The van der Waals surface area contributed by atoms with Crippen LogP contribution in [0.1, 0.15) is 6.92 Å². The highest BCUT2D eigenvalue weighted by Crippen LogP contribution is 2.21. The van der Waals surface area contributed by atoms with Gasteiger partial charge in [-0.1, -0.05) is 12.1 Å². The van der Waals surface area contributed by atoms with Crippen molar-refractivity contribution in [2.75, 3.05) is 5.32 Å². The van der Waals surface area contributed by atoms with Gasteiger partial charge in [-0.2, -0.15) is 9.97 Å². The van der Waals surface area contributed by atoms with E-state index in [1.807, 2.05) is 0 Å². The maximum Gasteiger partial charge on any atom is 0.356 e. The smallest absolute Gasteiger partial charge is 0.356 e. The molecule has 3 aromatic rings. The van der Waals surface area contributed by atoms with Crippen molar-refractivity contribution in [1.82, 2.24) is 19.5 Å². The molecule has 0 unspecified atom stereocenters. The first-order chi connectivity index (χ1) is 10.5. The number of nitrogens with zero attached hydrogens (tertiary/aromatic N) is 4. The van der Waals surface area contributed by atoms with Crippen LogP contribution in [0.15, 0.2) is 41.3 Å². The minimum atomic E-state index is -0.666. The average molecular weight is 297 g/mol. The predicted octanol–water partition coefficient (Wildman–Crippen LogP) is 0.840. The molecule has 1 aromatic carbocycles. The number of fused-ring (bicyclic) bond motifs is 1. The number of nitrogens with one attached hydrogen (secondary N) is 1. The zero-order valence-corrected chi connectivity index (χ0v) is 11.5. The summed E-state index contributed by atoms with van der Waals surface area (Å²) in [6, 6.07) is 8.33. The lowest BCUT2D eigenvalue weighted by molar-refractivity contribution is -0.114. The van der Waals surface area contributed by atoms with Crippen LogP contribution in [-0.2, 0) is 4.79 Å². The van der Waals surface area contributed by atoms with E-state index in [1.54, 1.807) is 24.3 Å². The van der Waals surface area contributed by atoms with E-state index in [2.05, 4.69) is 20.3 Å². The Bertz CT molecular complexity index is 935. The fourth-order valence-electron chi connectivity index (χ4n) is 1.96. The van der Waals surface area contributed by atoms with Gasteiger partial charge >= 0.3 is 5.69 Å². The predicted molar refractivity (Wildman–Crippen MR) is 78.9 cm³/mol. The summed E-state index contributed by atoms with van der Waals surface area (Å²) < 4.78 is 1.08. The van der Waals surface area contributed by atoms with Crippen LogP contribution in [0, 0.1) is 0 Å². The second-order valence-corrected chi connectivity index (χ2v) is 4.51. The fourth-order valence-corrected chi connectivity index (χ4v) is 1.96. The highest BCUT2D eigenvalue weighted by Gasteiger charge is 2.10. The van der Waals surface area contributed by atoms with Gasteiger partial charge in [-0.15, -0.1) is 0 Å². The van der Waals surface area contributed by atoms with Crippen LogP contribution in [-0.4, -0.2) is 30.5 Å². The third-order valence-corrected chi connectivity index (χ3v) is 2.89. The summed E-state index contributed by atoms with van der Waals surface area (Å²) >= 11 is 0. The van der Waals surface area contributed by atoms with Crippen LogP contribution in [0.4, 0.5) is 5.82 Å². The van der Waals surface area contributed by atoms with Crippen molar-refractivity contribution < 1.29 is 9.90 Å². The number of hydrogen-bond donors (Lipinski definition) is 2. The van der Waals surface area contributed by atoms with E-state index in [0.29, 0.717) is 10.9 Å². The lowest BCUT2D eigenvalue weighted by Crippen LogP contribution is -2.24. The molecular weight excluding hydrogens is 286 g/mol. The summed E-state index contributed by atoms with van der Waals surface area (Å²) in [6.45, 7) is 1.32. The molecule has 3 rings (SSSR count). The largest absolute Gasteiger partial charge is 0.493 e. The first-order valence-electron chi connectivity index (χ1n) is 6.38. The number of hydrogen-bond acceptors (Lipinski definition) is 6. The lowest BCUT2D eigenvalue weighted by Gasteiger charge is -2.07. The van der Waals surface area contributed by atoms with E-state index < -0.39 is 5.69 Å². The van der Waals surface area contributed by atoms with Crippen molar-refractivity contribution in [3.63, 3.8) is 0 Å². The van der Waals surface area contributed by atoms with E-state index in [0.717, 1.165) is 4.57 Å². The maximum absolute atomic E-state index is 12.0. The number of rotatable bonds is 2. The molecule has 0 fully saturated rings. The Hall–Kier alpha value is -3.29. The Morgan fingerprint density at radius 3 is 2.68 bits per heavy atom. The van der Waals surface area contributed by atoms with Crippen molar-refractivity contribution >= 4 is 22.6 Å². The number of amides is 1. The molecule has 0 aliphatic carbocycles. The molecule has 2 aromatic heterocycles. The van der Waals surface area contributed by atoms with Crippen LogP contribution in [0.5, 0.6) is 5.88 Å². The number of carbonyl (C=O) groups is 1. The molecule has 2 N–H and O–H groups in total. The maximum atomic E-state index is 12.0. The van der Waals surface area contributed by atoms with E-state index in [-0.39, 0.29) is 23.6 Å². The first kappa shape index (κ1) is 13.7. The van der Waals surface area contributed by atoms with Crippen LogP contribution in [0.3, 0.4) is 0 Å². The minimum absolute atomic E-state index is 0.00285. The zero-order valence-electron chi connectivity index (χ0n) is 11.5. The molecule has 0 spiro atoms. The number of para-hydroxylation sites is 1. The van der Waals surface area contributed by atoms with Gasteiger partial charge < -0.3 is 10.4 Å². The molecule has 22 heavy (non-hydrogen) atoms. The van der Waals surface area contributed by atoms with E-state index in [1.165, 1.54) is 19.2 Å². The van der Waals surface area contributed by atoms with Gasteiger partial charge in [0, 0.05) is 13.1 Å². The Kier molecular flexibility index (Phi) is 3.26. The lowest BCUT2D eigenvalue weighted by atomic mass is 10.2. The van der Waals surface area contributed by atoms with Crippen LogP contribution in [0.2, 0.25) is 0 Å². The molecule has 0 radical (unpaired) electrons. The van der Waals surface area contributed by atoms with E-state index in [9.17, 15) is 14.7 Å². The Morgan fingerprint density at radius 2 is 1.95 bits per heavy atom. The van der Waals surface area contributed by atoms with Gasteiger partial charge in [-0.3, -0.25) is 4.79 Å². The van der Waals surface area contributed by atoms with Crippen molar-refractivity contribution in [2.24, 2.45) is 0 Å². The highest BCUT2D eigenvalue weighted by atomic mass is 16.3. The van der Waals surface area contributed by atoms with Gasteiger partial charge in [-0.25, -0.2) is 14.3 Å². The van der Waals surface area contributed by atoms with Crippen molar-refractivity contribution in [1.29, 1.82) is 0 Å². The summed E-state index contributed by atoms with van der Waals surface area (Å²) in [5.41, 5.74) is -0.163. The minimum Gasteiger partial charge on any atom is -0.493 e. The average Bonchev–Trinajstić information content (AvgIpc) is 2.46. The summed E-state index contributed by atoms with van der Waals surface area (Å²) in [5, 5.41) is 12.8. The number of aromatic hydroxyl groups is 1. The summed E-state index contributed by atoms with van der Waals surface area (Å²) in [5.74, 6) is -0.412. The SMILES string of the molecule is CC(=O)Nc1ccn(-c2nc(O)c3ccccc3n2)c(=O)n1. The molecule has 0 saturated heterocycles. The Morgan fingerprint density at radius 1 is 1.18 bits per heavy atom. The quantitative estimate of drug-likeness (QED) is 0.725. The molecule has 0 bridgehead atoms. The Balaban J connectivity index is 2.11. The molecule has 8 heteroatoms. The van der Waals surface area contributed by atoms with Crippen LogP contribution >= 0.6 is 0 Å². The number of carbonyl (C=O) groups excluding carboxylic acids is 1. The summed E-state index contributed by atoms with van der Waals surface area (Å²) in [4.78, 5) is 34.8. The summed E-state index contributed by atoms with van der Waals surface area (Å²) in [6.07, 6.45) is 1.38. The Labute approximate surface area is 124 Å². The molecule has 0 saturated carbocycles. The zero-order chi connectivity index (χ0) is 15.7.